The van der Waals surface area contributed by atoms with E-state index in [0.29, 0.717) is 19.4 Å². The number of hydrogen-bond acceptors (Lipinski definition) is 4. The lowest BCUT2D eigenvalue weighted by Gasteiger charge is -2.42. The van der Waals surface area contributed by atoms with Crippen LogP contribution in [0.2, 0.25) is 0 Å². The molecule has 2 aliphatic rings. The maximum absolute atomic E-state index is 13.4. The third-order valence-electron chi connectivity index (χ3n) is 6.02. The zero-order valence-electron chi connectivity index (χ0n) is 18.1. The van der Waals surface area contributed by atoms with Gasteiger partial charge in [-0.3, -0.25) is 9.59 Å². The summed E-state index contributed by atoms with van der Waals surface area (Å²) < 4.78 is 5.58. The number of rotatable bonds is 6. The summed E-state index contributed by atoms with van der Waals surface area (Å²) in [4.78, 5) is 26.6. The van der Waals surface area contributed by atoms with Gasteiger partial charge < -0.3 is 4.74 Å². The predicted molar refractivity (Wildman–Crippen MR) is 120 cm³/mol. The lowest BCUT2D eigenvalue weighted by atomic mass is 9.73. The fourth-order valence-electron chi connectivity index (χ4n) is 4.68. The average molecular weight is 417 g/mol. The van der Waals surface area contributed by atoms with Crippen molar-refractivity contribution in [3.8, 4) is 5.75 Å². The molecule has 0 unspecified atom stereocenters. The Morgan fingerprint density at radius 3 is 2.35 bits per heavy atom. The van der Waals surface area contributed by atoms with Crippen LogP contribution in [-0.2, 0) is 9.59 Å². The minimum Gasteiger partial charge on any atom is -0.490 e. The highest BCUT2D eigenvalue weighted by Gasteiger charge is 2.42. The third kappa shape index (κ3) is 4.19. The molecule has 0 saturated heterocycles. The van der Waals surface area contributed by atoms with Crippen LogP contribution in [0.25, 0.3) is 0 Å². The van der Waals surface area contributed by atoms with Crippen LogP contribution < -0.4 is 4.74 Å². The van der Waals surface area contributed by atoms with Gasteiger partial charge in [-0.15, -0.1) is 0 Å². The number of benzene rings is 2. The van der Waals surface area contributed by atoms with Gasteiger partial charge in [0.15, 0.2) is 5.78 Å². The molecule has 0 spiro atoms. The van der Waals surface area contributed by atoms with Gasteiger partial charge in [0.25, 0.3) is 0 Å². The van der Waals surface area contributed by atoms with E-state index in [1.165, 1.54) is 0 Å². The van der Waals surface area contributed by atoms with Crippen molar-refractivity contribution in [2.24, 2.45) is 0 Å². The summed E-state index contributed by atoms with van der Waals surface area (Å²) in [7, 11) is 3.70. The molecule has 0 radical (unpaired) electrons. The molecule has 2 atom stereocenters. The molecule has 1 aliphatic carbocycles. The van der Waals surface area contributed by atoms with Crippen molar-refractivity contribution in [3.05, 3.63) is 89.6 Å². The number of carbonyl (C=O) groups is 2. The molecule has 2 aromatic rings. The second-order valence-electron chi connectivity index (χ2n) is 8.28. The van der Waals surface area contributed by atoms with Crippen LogP contribution in [0.5, 0.6) is 5.75 Å². The molecule has 0 fully saturated rings. The highest BCUT2D eigenvalue weighted by molar-refractivity contribution is 6.02. The van der Waals surface area contributed by atoms with Gasteiger partial charge in [0.05, 0.1) is 0 Å². The second-order valence-corrected chi connectivity index (χ2v) is 8.28. The molecule has 0 bridgehead atoms. The molecule has 1 amide bonds. The molecule has 0 saturated carbocycles. The van der Waals surface area contributed by atoms with Gasteiger partial charge in [-0.05, 0) is 35.6 Å². The standard InChI is InChI=1S/C26H28N2O3/c1-4-14-31-21-12-10-19(11-13-21)22-17-25(30)28(27(2)3)23-15-20(16-24(29)26(22)23)18-8-6-5-7-9-18/h4-13,20,22H,1,14-17H2,2-3H3/t20-,22+/m0/s1. The Morgan fingerprint density at radius 2 is 1.71 bits per heavy atom. The van der Waals surface area contributed by atoms with Gasteiger partial charge in [-0.1, -0.05) is 55.1 Å². The molecule has 5 nitrogen and oxygen atoms in total. The Bertz CT molecular complexity index is 1010. The first-order chi connectivity index (χ1) is 15.0. The number of amides is 1. The molecule has 5 heteroatoms. The number of ether oxygens (including phenoxy) is 1. The Hall–Kier alpha value is -3.18. The van der Waals surface area contributed by atoms with Crippen LogP contribution in [0.1, 0.15) is 42.2 Å². The predicted octanol–water partition coefficient (Wildman–Crippen LogP) is 4.44. The van der Waals surface area contributed by atoms with Crippen molar-refractivity contribution in [2.75, 3.05) is 20.7 Å². The summed E-state index contributed by atoms with van der Waals surface area (Å²) in [6.07, 6.45) is 3.12. The summed E-state index contributed by atoms with van der Waals surface area (Å²) in [5.74, 6) is 0.746. The number of Topliss-reactive ketones (excluding diaryl/α,β-unsaturated/α-hetero) is 1. The molecule has 160 valence electrons. The van der Waals surface area contributed by atoms with Gasteiger partial charge >= 0.3 is 0 Å². The summed E-state index contributed by atoms with van der Waals surface area (Å²) in [6.45, 7) is 4.10. The number of hydrazine groups is 1. The minimum atomic E-state index is -0.226. The van der Waals surface area contributed by atoms with Gasteiger partial charge in [0.1, 0.15) is 12.4 Å². The second kappa shape index (κ2) is 8.90. The SMILES string of the molecule is C=CCOc1ccc([C@H]2CC(=O)N(N(C)C)C3=C2C(=O)C[C@@H](c2ccccc2)C3)cc1. The van der Waals surface area contributed by atoms with Crippen LogP contribution in [0, 0.1) is 0 Å². The lowest BCUT2D eigenvalue weighted by Crippen LogP contribution is -2.47. The number of allylic oxidation sites excluding steroid dienone is 2. The fourth-order valence-corrected chi connectivity index (χ4v) is 4.68. The van der Waals surface area contributed by atoms with Gasteiger partial charge in [0, 0.05) is 44.1 Å². The molecule has 4 rings (SSSR count). The summed E-state index contributed by atoms with van der Waals surface area (Å²) in [6, 6.07) is 17.8. The number of ketones is 1. The van der Waals surface area contributed by atoms with Crippen LogP contribution in [0.15, 0.2) is 78.5 Å². The van der Waals surface area contributed by atoms with Crippen molar-refractivity contribution in [2.45, 2.75) is 31.1 Å². The summed E-state index contributed by atoms with van der Waals surface area (Å²) >= 11 is 0. The normalized spacial score (nSPS) is 21.3. The Kier molecular flexibility index (Phi) is 6.05. The van der Waals surface area contributed by atoms with Crippen LogP contribution in [-0.4, -0.2) is 42.4 Å². The van der Waals surface area contributed by atoms with Crippen molar-refractivity contribution < 1.29 is 14.3 Å². The zero-order valence-corrected chi connectivity index (χ0v) is 18.1. The van der Waals surface area contributed by atoms with E-state index >= 15 is 0 Å². The Morgan fingerprint density at radius 1 is 1.00 bits per heavy atom. The topological polar surface area (TPSA) is 49.9 Å². The number of nitrogens with zero attached hydrogens (tertiary/aromatic N) is 2. The lowest BCUT2D eigenvalue weighted by molar-refractivity contribution is -0.143. The monoisotopic (exact) mass is 416 g/mol. The van der Waals surface area contributed by atoms with Crippen LogP contribution in [0.3, 0.4) is 0 Å². The van der Waals surface area contributed by atoms with Crippen molar-refractivity contribution in [3.63, 3.8) is 0 Å². The molecular weight excluding hydrogens is 388 g/mol. The van der Waals surface area contributed by atoms with Gasteiger partial charge in [-0.25, -0.2) is 10.0 Å². The Labute approximate surface area is 183 Å². The molecule has 0 N–H and O–H groups in total. The van der Waals surface area contributed by atoms with Crippen LogP contribution >= 0.6 is 0 Å². The molecular formula is C26H28N2O3. The first-order valence-corrected chi connectivity index (χ1v) is 10.6. The number of carbonyl (C=O) groups excluding carboxylic acids is 2. The number of hydrogen-bond donors (Lipinski definition) is 0. The quantitative estimate of drug-likeness (QED) is 0.653. The summed E-state index contributed by atoms with van der Waals surface area (Å²) in [5, 5.41) is 3.49. The van der Waals surface area contributed by atoms with E-state index in [2.05, 4.69) is 18.7 Å². The van der Waals surface area contributed by atoms with Gasteiger partial charge in [0.2, 0.25) is 5.91 Å². The van der Waals surface area contributed by atoms with E-state index in [1.54, 1.807) is 16.1 Å². The van der Waals surface area contributed by atoms with Crippen molar-refractivity contribution >= 4 is 11.7 Å². The first-order valence-electron chi connectivity index (χ1n) is 10.6. The maximum Gasteiger partial charge on any atom is 0.242 e. The first kappa shape index (κ1) is 21.1. The smallest absolute Gasteiger partial charge is 0.242 e. The van der Waals surface area contributed by atoms with Crippen LogP contribution in [0.4, 0.5) is 0 Å². The maximum atomic E-state index is 13.4. The Balaban J connectivity index is 1.73. The van der Waals surface area contributed by atoms with Crippen molar-refractivity contribution in [1.29, 1.82) is 0 Å². The van der Waals surface area contributed by atoms with E-state index in [0.717, 1.165) is 28.1 Å². The molecule has 0 aromatic heterocycles. The molecule has 2 aromatic carbocycles. The average Bonchev–Trinajstić information content (AvgIpc) is 2.77. The highest BCUT2D eigenvalue weighted by atomic mass is 16.5. The van der Waals surface area contributed by atoms with E-state index in [9.17, 15) is 9.59 Å². The summed E-state index contributed by atoms with van der Waals surface area (Å²) in [5.41, 5.74) is 3.72. The molecule has 1 aliphatic heterocycles. The third-order valence-corrected chi connectivity index (χ3v) is 6.02. The van der Waals surface area contributed by atoms with E-state index in [1.807, 2.05) is 56.6 Å². The fraction of sp³-hybridized carbons (Fsp3) is 0.308. The van der Waals surface area contributed by atoms with E-state index < -0.39 is 0 Å². The largest absolute Gasteiger partial charge is 0.490 e. The highest BCUT2D eigenvalue weighted by Crippen LogP contribution is 2.45. The van der Waals surface area contributed by atoms with Crippen molar-refractivity contribution in [1.82, 2.24) is 10.0 Å². The zero-order chi connectivity index (χ0) is 22.0. The minimum absolute atomic E-state index is 0.0160. The molecule has 31 heavy (non-hydrogen) atoms. The van der Waals surface area contributed by atoms with Gasteiger partial charge in [-0.2, -0.15) is 0 Å². The van der Waals surface area contributed by atoms with E-state index in [4.69, 9.17) is 4.74 Å². The molecule has 1 heterocycles. The van der Waals surface area contributed by atoms with E-state index in [-0.39, 0.29) is 29.9 Å².